The van der Waals surface area contributed by atoms with E-state index in [0.717, 1.165) is 22.2 Å². The molecule has 2 aromatic carbocycles. The predicted octanol–water partition coefficient (Wildman–Crippen LogP) is 3.11. The van der Waals surface area contributed by atoms with E-state index in [1.807, 2.05) is 30.3 Å². The highest BCUT2D eigenvalue weighted by molar-refractivity contribution is 8.14. The minimum Gasteiger partial charge on any atom is -0.480 e. The van der Waals surface area contributed by atoms with E-state index in [9.17, 15) is 24.3 Å². The summed E-state index contributed by atoms with van der Waals surface area (Å²) in [5.74, 6) is -2.35. The molecule has 1 heterocycles. The third-order valence-electron chi connectivity index (χ3n) is 4.82. The van der Waals surface area contributed by atoms with Crippen LogP contribution in [0.3, 0.4) is 0 Å². The largest absolute Gasteiger partial charge is 0.480 e. The van der Waals surface area contributed by atoms with E-state index in [4.69, 9.17) is 0 Å². The first-order chi connectivity index (χ1) is 14.4. The van der Waals surface area contributed by atoms with Crippen molar-refractivity contribution in [3.8, 4) is 0 Å². The molecule has 1 aliphatic rings. The van der Waals surface area contributed by atoms with Crippen LogP contribution >= 0.6 is 11.8 Å². The number of hydrogen-bond acceptors (Lipinski definition) is 5. The van der Waals surface area contributed by atoms with Gasteiger partial charge in [0.05, 0.1) is 6.54 Å². The Morgan fingerprint density at radius 1 is 1.07 bits per heavy atom. The number of thioether (sulfide) groups is 1. The van der Waals surface area contributed by atoms with Crippen LogP contribution in [0.5, 0.6) is 0 Å². The monoisotopic (exact) mass is 426 g/mol. The van der Waals surface area contributed by atoms with Gasteiger partial charge in [-0.25, -0.2) is 14.5 Å². The number of carbonyl (C=O) groups excluding carboxylic acids is 3. The SMILES string of the molecule is C[C@H](CSC(=O)c1ccccc1)C(=O)N1C(=O)N(Cc2ccccc2)CC1C(=O)O. The lowest BCUT2D eigenvalue weighted by atomic mass is 10.1. The fraction of sp³-hybridized carbons (Fsp3) is 0.273. The van der Waals surface area contributed by atoms with E-state index < -0.39 is 29.9 Å². The molecule has 2 atom stereocenters. The number of carboxylic acid groups (broad SMARTS) is 1. The second-order valence-electron chi connectivity index (χ2n) is 7.08. The van der Waals surface area contributed by atoms with Gasteiger partial charge in [0.25, 0.3) is 0 Å². The van der Waals surface area contributed by atoms with Crippen molar-refractivity contribution in [1.29, 1.82) is 0 Å². The maximum absolute atomic E-state index is 12.9. The first kappa shape index (κ1) is 21.6. The number of rotatable bonds is 7. The maximum atomic E-state index is 12.9. The Bertz CT molecular complexity index is 935. The molecule has 0 aromatic heterocycles. The summed E-state index contributed by atoms with van der Waals surface area (Å²) >= 11 is 0.980. The van der Waals surface area contributed by atoms with Crippen LogP contribution in [-0.4, -0.2) is 56.3 Å². The van der Waals surface area contributed by atoms with Crippen molar-refractivity contribution in [2.45, 2.75) is 19.5 Å². The number of nitrogens with zero attached hydrogens (tertiary/aromatic N) is 2. The minimum atomic E-state index is -1.24. The lowest BCUT2D eigenvalue weighted by molar-refractivity contribution is -0.147. The molecule has 1 unspecified atom stereocenters. The smallest absolute Gasteiger partial charge is 0.328 e. The summed E-state index contributed by atoms with van der Waals surface area (Å²) in [6, 6.07) is 16.0. The fourth-order valence-electron chi connectivity index (χ4n) is 3.19. The second kappa shape index (κ2) is 9.58. The highest BCUT2D eigenvalue weighted by Gasteiger charge is 2.46. The predicted molar refractivity (Wildman–Crippen MR) is 113 cm³/mol. The van der Waals surface area contributed by atoms with E-state index in [-0.39, 0.29) is 24.0 Å². The Morgan fingerprint density at radius 2 is 1.67 bits per heavy atom. The molecular formula is C22H22N2O5S. The van der Waals surface area contributed by atoms with E-state index in [0.29, 0.717) is 5.56 Å². The van der Waals surface area contributed by atoms with Crippen molar-refractivity contribution < 1.29 is 24.3 Å². The molecule has 7 nitrogen and oxygen atoms in total. The molecule has 1 N–H and O–H groups in total. The molecule has 2 aromatic rings. The van der Waals surface area contributed by atoms with Crippen molar-refractivity contribution in [1.82, 2.24) is 9.80 Å². The average Bonchev–Trinajstić information content (AvgIpc) is 3.08. The number of urea groups is 1. The Hall–Kier alpha value is -3.13. The second-order valence-corrected chi connectivity index (χ2v) is 8.07. The highest BCUT2D eigenvalue weighted by atomic mass is 32.2. The summed E-state index contributed by atoms with van der Waals surface area (Å²) in [5, 5.41) is 9.37. The van der Waals surface area contributed by atoms with E-state index in [2.05, 4.69) is 0 Å². The minimum absolute atomic E-state index is 0.0718. The van der Waals surface area contributed by atoms with Crippen LogP contribution in [0.2, 0.25) is 0 Å². The molecule has 0 saturated carbocycles. The topological polar surface area (TPSA) is 95.0 Å². The van der Waals surface area contributed by atoms with Gasteiger partial charge in [0.2, 0.25) is 11.0 Å². The number of carboxylic acids is 1. The van der Waals surface area contributed by atoms with E-state index >= 15 is 0 Å². The lowest BCUT2D eigenvalue weighted by Gasteiger charge is -2.22. The molecule has 0 radical (unpaired) electrons. The summed E-state index contributed by atoms with van der Waals surface area (Å²) in [7, 11) is 0. The lowest BCUT2D eigenvalue weighted by Crippen LogP contribution is -2.46. The Morgan fingerprint density at radius 3 is 2.27 bits per heavy atom. The van der Waals surface area contributed by atoms with Crippen LogP contribution in [0.15, 0.2) is 60.7 Å². The van der Waals surface area contributed by atoms with E-state index in [1.165, 1.54) is 4.90 Å². The van der Waals surface area contributed by atoms with Gasteiger partial charge in [-0.05, 0) is 5.56 Å². The van der Waals surface area contributed by atoms with Crippen LogP contribution in [0.1, 0.15) is 22.8 Å². The van der Waals surface area contributed by atoms with Crippen molar-refractivity contribution in [3.05, 3.63) is 71.8 Å². The normalized spacial score (nSPS) is 17.1. The number of hydrogen-bond donors (Lipinski definition) is 1. The molecule has 8 heteroatoms. The van der Waals surface area contributed by atoms with Crippen molar-refractivity contribution in [2.75, 3.05) is 12.3 Å². The Kier molecular flexibility index (Phi) is 6.89. The molecule has 0 aliphatic carbocycles. The van der Waals surface area contributed by atoms with Crippen LogP contribution in [0.25, 0.3) is 0 Å². The molecule has 0 bridgehead atoms. The third-order valence-corrected chi connectivity index (χ3v) is 5.98. The first-order valence-electron chi connectivity index (χ1n) is 9.49. The Labute approximate surface area is 178 Å². The van der Waals surface area contributed by atoms with Crippen LogP contribution in [0, 0.1) is 5.92 Å². The van der Waals surface area contributed by atoms with Gasteiger partial charge in [0.1, 0.15) is 0 Å². The maximum Gasteiger partial charge on any atom is 0.328 e. The van der Waals surface area contributed by atoms with Crippen LogP contribution < -0.4 is 0 Å². The van der Waals surface area contributed by atoms with Gasteiger partial charge in [-0.2, -0.15) is 0 Å². The van der Waals surface area contributed by atoms with Gasteiger partial charge in [-0.3, -0.25) is 9.59 Å². The van der Waals surface area contributed by atoms with Gasteiger partial charge < -0.3 is 10.0 Å². The number of imide groups is 1. The fourth-order valence-corrected chi connectivity index (χ4v) is 4.04. The van der Waals surface area contributed by atoms with Crippen molar-refractivity contribution >= 4 is 34.8 Å². The van der Waals surface area contributed by atoms with Gasteiger partial charge in [-0.1, -0.05) is 79.3 Å². The summed E-state index contributed by atoms with van der Waals surface area (Å²) in [5.41, 5.74) is 1.37. The first-order valence-corrected chi connectivity index (χ1v) is 10.5. The van der Waals surface area contributed by atoms with Crippen LogP contribution in [0.4, 0.5) is 4.79 Å². The quantitative estimate of drug-likeness (QED) is 0.731. The molecule has 3 amide bonds. The zero-order chi connectivity index (χ0) is 21.7. The molecule has 30 heavy (non-hydrogen) atoms. The van der Waals surface area contributed by atoms with E-state index in [1.54, 1.807) is 37.3 Å². The average molecular weight is 426 g/mol. The summed E-state index contributed by atoms with van der Waals surface area (Å²) < 4.78 is 0. The number of carbonyl (C=O) groups is 4. The number of aliphatic carboxylic acids is 1. The van der Waals surface area contributed by atoms with Crippen molar-refractivity contribution in [2.24, 2.45) is 5.92 Å². The zero-order valence-corrected chi connectivity index (χ0v) is 17.2. The van der Waals surface area contributed by atoms with Gasteiger partial charge >= 0.3 is 12.0 Å². The van der Waals surface area contributed by atoms with Gasteiger partial charge in [0.15, 0.2) is 6.04 Å². The molecule has 0 spiro atoms. The standard InChI is InChI=1S/C22H22N2O5S/c1-15(14-30-21(28)17-10-6-3-7-11-17)19(25)24-18(20(26)27)13-23(22(24)29)12-16-8-4-2-5-9-16/h2-11,15,18H,12-14H2,1H3,(H,26,27)/t15-,18?/m1/s1. The molecule has 1 fully saturated rings. The van der Waals surface area contributed by atoms with Gasteiger partial charge in [0, 0.05) is 23.8 Å². The van der Waals surface area contributed by atoms with Crippen LogP contribution in [-0.2, 0) is 16.1 Å². The molecule has 1 aliphatic heterocycles. The summed E-state index contributed by atoms with van der Waals surface area (Å²) in [4.78, 5) is 51.9. The van der Waals surface area contributed by atoms with Gasteiger partial charge in [-0.15, -0.1) is 0 Å². The highest BCUT2D eigenvalue weighted by Crippen LogP contribution is 2.24. The molecular weight excluding hydrogens is 404 g/mol. The summed E-state index contributed by atoms with van der Waals surface area (Å²) in [6.07, 6.45) is 0. The third kappa shape index (κ3) is 4.88. The Balaban J connectivity index is 1.66. The number of amides is 3. The summed E-state index contributed by atoms with van der Waals surface area (Å²) in [6.45, 7) is 1.75. The molecule has 156 valence electrons. The molecule has 3 rings (SSSR count). The van der Waals surface area contributed by atoms with Crippen molar-refractivity contribution in [3.63, 3.8) is 0 Å². The number of benzene rings is 2. The molecule has 1 saturated heterocycles. The zero-order valence-electron chi connectivity index (χ0n) is 16.4.